The van der Waals surface area contributed by atoms with Gasteiger partial charge in [-0.1, -0.05) is 13.8 Å². The highest BCUT2D eigenvalue weighted by molar-refractivity contribution is 5.96. The van der Waals surface area contributed by atoms with Crippen molar-refractivity contribution in [3.63, 3.8) is 0 Å². The summed E-state index contributed by atoms with van der Waals surface area (Å²) in [6.07, 6.45) is 0.394. The van der Waals surface area contributed by atoms with E-state index in [9.17, 15) is 14.7 Å². The lowest BCUT2D eigenvalue weighted by Gasteiger charge is -2.16. The van der Waals surface area contributed by atoms with E-state index in [0.717, 1.165) is 17.1 Å². The van der Waals surface area contributed by atoms with E-state index in [1.807, 2.05) is 33.8 Å². The number of benzene rings is 1. The molecule has 1 atom stereocenters. The van der Waals surface area contributed by atoms with E-state index >= 15 is 0 Å². The Hall–Kier alpha value is -2.63. The summed E-state index contributed by atoms with van der Waals surface area (Å²) in [5.41, 5.74) is 3.21. The minimum absolute atomic E-state index is 0.180. The average molecular weight is 329 g/mol. The molecule has 0 radical (unpaired) electrons. The number of aromatic nitrogens is 2. The van der Waals surface area contributed by atoms with Crippen LogP contribution in [0.15, 0.2) is 30.3 Å². The second kappa shape index (κ2) is 7.29. The Morgan fingerprint density at radius 3 is 2.29 bits per heavy atom. The van der Waals surface area contributed by atoms with Gasteiger partial charge in [-0.2, -0.15) is 5.10 Å². The number of aliphatic carboxylic acids is 1. The average Bonchev–Trinajstić information content (AvgIpc) is 2.84. The maximum Gasteiger partial charge on any atom is 0.326 e. The lowest BCUT2D eigenvalue weighted by atomic mass is 10.0. The number of amides is 1. The van der Waals surface area contributed by atoms with E-state index in [1.54, 1.807) is 28.9 Å². The highest BCUT2D eigenvalue weighted by Gasteiger charge is 2.21. The van der Waals surface area contributed by atoms with Crippen molar-refractivity contribution in [1.82, 2.24) is 15.1 Å². The summed E-state index contributed by atoms with van der Waals surface area (Å²) in [4.78, 5) is 23.5. The minimum Gasteiger partial charge on any atom is -0.480 e. The number of aryl methyl sites for hydroxylation is 2. The molecule has 0 saturated heterocycles. The molecule has 2 N–H and O–H groups in total. The Labute approximate surface area is 141 Å². The van der Waals surface area contributed by atoms with Gasteiger partial charge in [0.15, 0.2) is 0 Å². The van der Waals surface area contributed by atoms with Crippen LogP contribution >= 0.6 is 0 Å². The van der Waals surface area contributed by atoms with Gasteiger partial charge < -0.3 is 10.4 Å². The number of rotatable bonds is 6. The molecule has 0 aliphatic heterocycles. The third-order valence-corrected chi connectivity index (χ3v) is 3.69. The maximum atomic E-state index is 12.3. The molecule has 2 aromatic rings. The summed E-state index contributed by atoms with van der Waals surface area (Å²) < 4.78 is 1.80. The second-order valence-corrected chi connectivity index (χ2v) is 6.38. The van der Waals surface area contributed by atoms with Crippen LogP contribution in [0.1, 0.15) is 42.0 Å². The number of nitrogens with one attached hydrogen (secondary N) is 1. The fourth-order valence-corrected chi connectivity index (χ4v) is 2.58. The molecular weight excluding hydrogens is 306 g/mol. The first kappa shape index (κ1) is 17.7. The fourth-order valence-electron chi connectivity index (χ4n) is 2.58. The molecule has 0 aliphatic rings. The zero-order valence-corrected chi connectivity index (χ0v) is 14.4. The number of carbonyl (C=O) groups is 2. The molecule has 24 heavy (non-hydrogen) atoms. The number of carboxylic acid groups (broad SMARTS) is 1. The van der Waals surface area contributed by atoms with E-state index in [4.69, 9.17) is 0 Å². The van der Waals surface area contributed by atoms with Gasteiger partial charge in [0.05, 0.1) is 11.4 Å². The molecular formula is C18H23N3O3. The topological polar surface area (TPSA) is 84.2 Å². The van der Waals surface area contributed by atoms with Crippen molar-refractivity contribution in [3.8, 4) is 5.69 Å². The molecule has 1 unspecified atom stereocenters. The van der Waals surface area contributed by atoms with Gasteiger partial charge in [-0.15, -0.1) is 0 Å². The Bertz CT molecular complexity index is 732. The van der Waals surface area contributed by atoms with E-state index in [0.29, 0.717) is 12.0 Å². The predicted octanol–water partition coefficient (Wildman–Crippen LogP) is 2.72. The number of hydrogen-bond acceptors (Lipinski definition) is 3. The summed E-state index contributed by atoms with van der Waals surface area (Å²) in [7, 11) is 0. The third kappa shape index (κ3) is 4.22. The maximum absolute atomic E-state index is 12.3. The van der Waals surface area contributed by atoms with Crippen molar-refractivity contribution in [3.05, 3.63) is 47.3 Å². The van der Waals surface area contributed by atoms with Crippen molar-refractivity contribution < 1.29 is 14.7 Å². The van der Waals surface area contributed by atoms with E-state index < -0.39 is 12.0 Å². The molecule has 0 fully saturated rings. The van der Waals surface area contributed by atoms with Crippen LogP contribution in [0.3, 0.4) is 0 Å². The number of carboxylic acids is 1. The molecule has 2 rings (SSSR count). The van der Waals surface area contributed by atoms with Gasteiger partial charge in [0.1, 0.15) is 6.04 Å². The van der Waals surface area contributed by atoms with Crippen LogP contribution in [0.4, 0.5) is 0 Å². The van der Waals surface area contributed by atoms with Gasteiger partial charge in [0.2, 0.25) is 0 Å². The highest BCUT2D eigenvalue weighted by Crippen LogP contribution is 2.14. The van der Waals surface area contributed by atoms with Crippen LogP contribution in [0.25, 0.3) is 5.69 Å². The Morgan fingerprint density at radius 1 is 1.21 bits per heavy atom. The molecule has 0 aliphatic carbocycles. The lowest BCUT2D eigenvalue weighted by molar-refractivity contribution is -0.139. The van der Waals surface area contributed by atoms with Gasteiger partial charge in [-0.05, 0) is 56.5 Å². The Kier molecular flexibility index (Phi) is 5.39. The summed E-state index contributed by atoms with van der Waals surface area (Å²) in [6.45, 7) is 7.73. The SMILES string of the molecule is Cc1cc(C)n(-c2ccc(C(=O)NC(CC(C)C)C(=O)O)cc2)n1. The molecule has 1 heterocycles. The van der Waals surface area contributed by atoms with Crippen molar-refractivity contribution in [2.24, 2.45) is 5.92 Å². The van der Waals surface area contributed by atoms with Crippen molar-refractivity contribution in [1.29, 1.82) is 0 Å². The van der Waals surface area contributed by atoms with Crippen LogP contribution in [-0.2, 0) is 4.79 Å². The lowest BCUT2D eigenvalue weighted by Crippen LogP contribution is -2.41. The molecule has 1 aromatic carbocycles. The van der Waals surface area contributed by atoms with Gasteiger partial charge in [0, 0.05) is 11.3 Å². The van der Waals surface area contributed by atoms with Crippen LogP contribution < -0.4 is 5.32 Å². The van der Waals surface area contributed by atoms with Gasteiger partial charge in [0.25, 0.3) is 5.91 Å². The van der Waals surface area contributed by atoms with Crippen molar-refractivity contribution in [2.45, 2.75) is 40.2 Å². The van der Waals surface area contributed by atoms with Crippen LogP contribution in [0.2, 0.25) is 0 Å². The quantitative estimate of drug-likeness (QED) is 0.853. The zero-order chi connectivity index (χ0) is 17.9. The molecule has 1 amide bonds. The minimum atomic E-state index is -1.02. The Morgan fingerprint density at radius 2 is 1.83 bits per heavy atom. The molecule has 0 saturated carbocycles. The van der Waals surface area contributed by atoms with Gasteiger partial charge in [-0.3, -0.25) is 4.79 Å². The monoisotopic (exact) mass is 329 g/mol. The second-order valence-electron chi connectivity index (χ2n) is 6.38. The first-order valence-electron chi connectivity index (χ1n) is 7.95. The van der Waals surface area contributed by atoms with Crippen molar-refractivity contribution in [2.75, 3.05) is 0 Å². The van der Waals surface area contributed by atoms with E-state index in [2.05, 4.69) is 10.4 Å². The largest absolute Gasteiger partial charge is 0.480 e. The normalized spacial score (nSPS) is 12.2. The van der Waals surface area contributed by atoms with E-state index in [-0.39, 0.29) is 11.8 Å². The van der Waals surface area contributed by atoms with Crippen molar-refractivity contribution >= 4 is 11.9 Å². The van der Waals surface area contributed by atoms with Crippen LogP contribution in [-0.4, -0.2) is 32.8 Å². The molecule has 128 valence electrons. The molecule has 0 spiro atoms. The summed E-state index contributed by atoms with van der Waals surface area (Å²) in [5, 5.41) is 16.2. The molecule has 1 aromatic heterocycles. The van der Waals surface area contributed by atoms with Gasteiger partial charge >= 0.3 is 5.97 Å². The van der Waals surface area contributed by atoms with Crippen LogP contribution in [0, 0.1) is 19.8 Å². The van der Waals surface area contributed by atoms with Crippen LogP contribution in [0.5, 0.6) is 0 Å². The van der Waals surface area contributed by atoms with E-state index in [1.165, 1.54) is 0 Å². The summed E-state index contributed by atoms with van der Waals surface area (Å²) in [6, 6.07) is 8.04. The summed E-state index contributed by atoms with van der Waals surface area (Å²) >= 11 is 0. The fraction of sp³-hybridized carbons (Fsp3) is 0.389. The van der Waals surface area contributed by atoms with Gasteiger partial charge in [-0.25, -0.2) is 9.48 Å². The smallest absolute Gasteiger partial charge is 0.326 e. The number of hydrogen-bond donors (Lipinski definition) is 2. The first-order chi connectivity index (χ1) is 11.3. The number of nitrogens with zero attached hydrogens (tertiary/aromatic N) is 2. The number of carbonyl (C=O) groups excluding carboxylic acids is 1. The standard InChI is InChI=1S/C18H23N3O3/c1-11(2)9-16(18(23)24)19-17(22)14-5-7-15(8-6-14)21-13(4)10-12(3)20-21/h5-8,10-11,16H,9H2,1-4H3,(H,19,22)(H,23,24). The summed E-state index contributed by atoms with van der Waals surface area (Å²) in [5.74, 6) is -1.22. The molecule has 6 nitrogen and oxygen atoms in total. The molecule has 6 heteroatoms. The predicted molar refractivity (Wildman–Crippen MR) is 91.4 cm³/mol. The third-order valence-electron chi connectivity index (χ3n) is 3.69. The Balaban J connectivity index is 2.13. The zero-order valence-electron chi connectivity index (χ0n) is 14.4. The first-order valence-corrected chi connectivity index (χ1v) is 7.95. The molecule has 0 bridgehead atoms. The highest BCUT2D eigenvalue weighted by atomic mass is 16.4.